The minimum atomic E-state index is -0.135. The molecule has 4 aromatic rings. The minimum Gasteiger partial charge on any atom is -0.454 e. The maximum absolute atomic E-state index is 13.1. The lowest BCUT2D eigenvalue weighted by Crippen LogP contribution is -2.23. The highest BCUT2D eigenvalue weighted by Gasteiger charge is 2.18. The first kappa shape index (κ1) is 23.9. The Morgan fingerprint density at radius 2 is 1.92 bits per heavy atom. The largest absolute Gasteiger partial charge is 0.454 e. The molecule has 0 radical (unpaired) electrons. The van der Waals surface area contributed by atoms with E-state index in [0.717, 1.165) is 39.1 Å². The number of rotatable bonds is 9. The van der Waals surface area contributed by atoms with Crippen molar-refractivity contribution in [3.63, 3.8) is 0 Å². The van der Waals surface area contributed by atoms with E-state index in [2.05, 4.69) is 34.6 Å². The molecule has 1 aliphatic rings. The van der Waals surface area contributed by atoms with Crippen LogP contribution in [-0.4, -0.2) is 34.6 Å². The van der Waals surface area contributed by atoms with Gasteiger partial charge in [0.15, 0.2) is 22.5 Å². The third-order valence-electron chi connectivity index (χ3n) is 5.74. The molecule has 0 saturated heterocycles. The summed E-state index contributed by atoms with van der Waals surface area (Å²) in [5.74, 6) is 2.57. The van der Waals surface area contributed by atoms with Gasteiger partial charge in [-0.3, -0.25) is 9.36 Å². The smallest absolute Gasteiger partial charge is 0.251 e. The molecule has 2 heterocycles. The van der Waals surface area contributed by atoms with E-state index in [-0.39, 0.29) is 12.7 Å². The zero-order valence-electron chi connectivity index (χ0n) is 20.1. The number of aryl methyl sites for hydroxylation is 1. The topological polar surface area (TPSA) is 87.5 Å². The molecule has 5 rings (SSSR count). The Labute approximate surface area is 213 Å². The van der Waals surface area contributed by atoms with E-state index in [9.17, 15) is 4.79 Å². The number of fused-ring (bicyclic) bond motifs is 1. The van der Waals surface area contributed by atoms with Crippen molar-refractivity contribution in [3.8, 4) is 17.2 Å². The van der Waals surface area contributed by atoms with Crippen LogP contribution in [0.25, 0.3) is 5.69 Å². The average Bonchev–Trinajstić information content (AvgIpc) is 3.53. The van der Waals surface area contributed by atoms with Crippen molar-refractivity contribution in [1.82, 2.24) is 20.1 Å². The van der Waals surface area contributed by atoms with Gasteiger partial charge in [0.25, 0.3) is 5.91 Å². The first-order chi connectivity index (χ1) is 17.6. The molecule has 1 aliphatic heterocycles. The summed E-state index contributed by atoms with van der Waals surface area (Å²) in [6.07, 6.45) is 0. The normalized spacial score (nSPS) is 12.1. The zero-order valence-corrected chi connectivity index (χ0v) is 20.9. The molecule has 0 bridgehead atoms. The Morgan fingerprint density at radius 1 is 1.06 bits per heavy atom. The number of thioether (sulfide) groups is 1. The maximum atomic E-state index is 13.1. The Hall–Kier alpha value is -3.82. The van der Waals surface area contributed by atoms with Gasteiger partial charge in [0.1, 0.15) is 6.61 Å². The van der Waals surface area contributed by atoms with Crippen LogP contribution in [0.3, 0.4) is 0 Å². The molecule has 1 amide bonds. The molecular formula is C27H26N4O4S. The maximum Gasteiger partial charge on any atom is 0.251 e. The van der Waals surface area contributed by atoms with Crippen LogP contribution in [0.2, 0.25) is 0 Å². The Morgan fingerprint density at radius 3 is 2.78 bits per heavy atom. The highest BCUT2D eigenvalue weighted by atomic mass is 32.2. The molecule has 1 N–H and O–H groups in total. The van der Waals surface area contributed by atoms with Crippen LogP contribution in [0.1, 0.15) is 32.9 Å². The lowest BCUT2D eigenvalue weighted by atomic mass is 10.1. The fraction of sp³-hybridized carbons (Fsp3) is 0.222. The number of hydrogen-bond donors (Lipinski definition) is 1. The van der Waals surface area contributed by atoms with Crippen molar-refractivity contribution in [2.75, 3.05) is 13.9 Å². The highest BCUT2D eigenvalue weighted by molar-refractivity contribution is 7.98. The Bertz CT molecular complexity index is 1390. The molecule has 0 aliphatic carbocycles. The van der Waals surface area contributed by atoms with Gasteiger partial charge in [0, 0.05) is 30.7 Å². The summed E-state index contributed by atoms with van der Waals surface area (Å²) < 4.78 is 18.1. The van der Waals surface area contributed by atoms with E-state index in [1.165, 1.54) is 11.8 Å². The summed E-state index contributed by atoms with van der Waals surface area (Å²) >= 11 is 1.53. The van der Waals surface area contributed by atoms with Crippen molar-refractivity contribution in [2.24, 2.45) is 0 Å². The van der Waals surface area contributed by atoms with Crippen molar-refractivity contribution in [1.29, 1.82) is 0 Å². The van der Waals surface area contributed by atoms with Crippen LogP contribution < -0.4 is 14.8 Å². The first-order valence-electron chi connectivity index (χ1n) is 11.5. The highest BCUT2D eigenvalue weighted by Crippen LogP contribution is 2.32. The molecule has 184 valence electrons. The second-order valence-corrected chi connectivity index (χ2v) is 9.26. The summed E-state index contributed by atoms with van der Waals surface area (Å²) in [5, 5.41) is 12.5. The van der Waals surface area contributed by atoms with Crippen molar-refractivity contribution < 1.29 is 19.0 Å². The van der Waals surface area contributed by atoms with Crippen molar-refractivity contribution in [3.05, 3.63) is 94.8 Å². The van der Waals surface area contributed by atoms with E-state index in [0.29, 0.717) is 30.2 Å². The molecule has 8 nitrogen and oxygen atoms in total. The molecule has 36 heavy (non-hydrogen) atoms. The van der Waals surface area contributed by atoms with Crippen LogP contribution in [0.5, 0.6) is 11.5 Å². The molecule has 3 aromatic carbocycles. The summed E-state index contributed by atoms with van der Waals surface area (Å²) in [5.41, 5.74) is 4.60. The number of hydrogen-bond acceptors (Lipinski definition) is 7. The zero-order chi connectivity index (χ0) is 24.9. The van der Waals surface area contributed by atoms with Crippen LogP contribution in [0.15, 0.2) is 71.9 Å². The molecule has 0 unspecified atom stereocenters. The fourth-order valence-electron chi connectivity index (χ4n) is 3.98. The van der Waals surface area contributed by atoms with Crippen LogP contribution in [0, 0.1) is 6.92 Å². The average molecular weight is 503 g/mol. The standard InChI is InChI=1S/C27H26N4O4S/c1-18-6-5-8-21(12-18)31-25(15-33-2)29-30-27(31)36-16-20-7-3-4-9-22(20)26(32)28-14-19-10-11-23-24(13-19)35-17-34-23/h3-13H,14-17H2,1-2H3,(H,28,32). The van der Waals surface area contributed by atoms with E-state index in [4.69, 9.17) is 14.2 Å². The number of aromatic nitrogens is 3. The van der Waals surface area contributed by atoms with Crippen LogP contribution in [-0.2, 0) is 23.6 Å². The van der Waals surface area contributed by atoms with Crippen molar-refractivity contribution in [2.45, 2.75) is 31.0 Å². The van der Waals surface area contributed by atoms with Crippen molar-refractivity contribution >= 4 is 17.7 Å². The number of amides is 1. The second-order valence-electron chi connectivity index (χ2n) is 8.32. The predicted octanol–water partition coefficient (Wildman–Crippen LogP) is 4.67. The second kappa shape index (κ2) is 10.8. The predicted molar refractivity (Wildman–Crippen MR) is 137 cm³/mol. The minimum absolute atomic E-state index is 0.135. The summed E-state index contributed by atoms with van der Waals surface area (Å²) in [4.78, 5) is 13.1. The van der Waals surface area contributed by atoms with Gasteiger partial charge in [0.2, 0.25) is 6.79 Å². The van der Waals surface area contributed by atoms with Crippen LogP contribution in [0.4, 0.5) is 0 Å². The monoisotopic (exact) mass is 502 g/mol. The van der Waals surface area contributed by atoms with Gasteiger partial charge in [-0.05, 0) is 53.9 Å². The first-order valence-corrected chi connectivity index (χ1v) is 12.5. The molecule has 0 fully saturated rings. The lowest BCUT2D eigenvalue weighted by molar-refractivity contribution is 0.0950. The summed E-state index contributed by atoms with van der Waals surface area (Å²) in [6.45, 7) is 3.01. The quantitative estimate of drug-likeness (QED) is 0.333. The van der Waals surface area contributed by atoms with Gasteiger partial charge < -0.3 is 19.5 Å². The van der Waals surface area contributed by atoms with E-state index >= 15 is 0 Å². The molecular weight excluding hydrogens is 476 g/mol. The number of carbonyl (C=O) groups is 1. The van der Waals surface area contributed by atoms with E-state index < -0.39 is 0 Å². The molecule has 0 atom stereocenters. The van der Waals surface area contributed by atoms with Gasteiger partial charge >= 0.3 is 0 Å². The van der Waals surface area contributed by atoms with Gasteiger partial charge in [-0.25, -0.2) is 0 Å². The summed E-state index contributed by atoms with van der Waals surface area (Å²) in [6, 6.07) is 21.5. The van der Waals surface area contributed by atoms with Gasteiger partial charge in [0.05, 0.1) is 0 Å². The molecule has 1 aromatic heterocycles. The fourth-order valence-corrected chi connectivity index (χ4v) is 4.96. The third kappa shape index (κ3) is 5.22. The SMILES string of the molecule is COCc1nnc(SCc2ccccc2C(=O)NCc2ccc3c(c2)OCO3)n1-c1cccc(C)c1. The number of benzene rings is 3. The van der Waals surface area contributed by atoms with E-state index in [1.807, 2.05) is 59.2 Å². The molecule has 0 saturated carbocycles. The van der Waals surface area contributed by atoms with Gasteiger partial charge in [-0.1, -0.05) is 48.2 Å². The Balaban J connectivity index is 1.31. The number of nitrogens with zero attached hydrogens (tertiary/aromatic N) is 3. The lowest BCUT2D eigenvalue weighted by Gasteiger charge is -2.12. The number of carbonyl (C=O) groups excluding carboxylic acids is 1. The molecule has 9 heteroatoms. The number of methoxy groups -OCH3 is 1. The summed E-state index contributed by atoms with van der Waals surface area (Å²) in [7, 11) is 1.64. The van der Waals surface area contributed by atoms with Gasteiger partial charge in [-0.2, -0.15) is 0 Å². The number of nitrogens with one attached hydrogen (secondary N) is 1. The van der Waals surface area contributed by atoms with Crippen LogP contribution >= 0.6 is 11.8 Å². The Kier molecular flexibility index (Phi) is 7.20. The van der Waals surface area contributed by atoms with Gasteiger partial charge in [-0.15, -0.1) is 10.2 Å². The third-order valence-corrected chi connectivity index (χ3v) is 6.72. The van der Waals surface area contributed by atoms with E-state index in [1.54, 1.807) is 7.11 Å². The molecule has 0 spiro atoms. The number of ether oxygens (including phenoxy) is 3.